The molecular formula is C21H24N5O+. The molecule has 0 unspecified atom stereocenters. The van der Waals surface area contributed by atoms with Crippen LogP contribution in [0.3, 0.4) is 0 Å². The lowest BCUT2D eigenvalue weighted by atomic mass is 10.0. The van der Waals surface area contributed by atoms with Gasteiger partial charge in [0.1, 0.15) is 17.2 Å². The number of benzene rings is 1. The molecule has 0 amide bonds. The van der Waals surface area contributed by atoms with Crippen LogP contribution < -0.4 is 15.2 Å². The van der Waals surface area contributed by atoms with Crippen LogP contribution in [0.15, 0.2) is 48.9 Å². The summed E-state index contributed by atoms with van der Waals surface area (Å²) in [5.41, 5.74) is 11.8. The Morgan fingerprint density at radius 3 is 2.81 bits per heavy atom. The molecule has 6 nitrogen and oxygen atoms in total. The number of nitrogen functional groups attached to an aromatic ring is 1. The third-order valence-corrected chi connectivity index (χ3v) is 5.07. The number of nitrogens with two attached hydrogens (primary N) is 1. The van der Waals surface area contributed by atoms with Crippen molar-refractivity contribution >= 4 is 11.6 Å². The first-order valence-corrected chi connectivity index (χ1v) is 9.22. The predicted molar refractivity (Wildman–Crippen MR) is 105 cm³/mol. The zero-order chi connectivity index (χ0) is 18.8. The Morgan fingerprint density at radius 1 is 1.19 bits per heavy atom. The zero-order valence-electron chi connectivity index (χ0n) is 15.5. The zero-order valence-corrected chi connectivity index (χ0v) is 15.5. The molecule has 2 aromatic heterocycles. The molecule has 0 saturated heterocycles. The maximum absolute atomic E-state index is 9.36. The number of aliphatic hydroxyl groups excluding tert-OH is 1. The molecule has 0 spiro atoms. The van der Waals surface area contributed by atoms with E-state index in [1.807, 2.05) is 42.0 Å². The molecule has 3 heterocycles. The fraction of sp³-hybridized carbons (Fsp3) is 0.286. The molecule has 3 N–H and O–H groups in total. The van der Waals surface area contributed by atoms with Gasteiger partial charge in [-0.15, -0.1) is 4.98 Å². The lowest BCUT2D eigenvalue weighted by Gasteiger charge is -2.28. The number of aryl methyl sites for hydroxylation is 1. The van der Waals surface area contributed by atoms with Gasteiger partial charge in [-0.05, 0) is 36.6 Å². The molecule has 1 aliphatic rings. The van der Waals surface area contributed by atoms with Gasteiger partial charge in [0.2, 0.25) is 12.1 Å². The Labute approximate surface area is 158 Å². The summed E-state index contributed by atoms with van der Waals surface area (Å²) < 4.78 is 1.93. The van der Waals surface area contributed by atoms with Crippen LogP contribution in [0.5, 0.6) is 0 Å². The van der Waals surface area contributed by atoms with Crippen molar-refractivity contribution < 1.29 is 9.67 Å². The van der Waals surface area contributed by atoms with Crippen molar-refractivity contribution in [2.24, 2.45) is 0 Å². The van der Waals surface area contributed by atoms with E-state index >= 15 is 0 Å². The second-order valence-electron chi connectivity index (χ2n) is 6.89. The Kier molecular flexibility index (Phi) is 4.73. The average Bonchev–Trinajstić information content (AvgIpc) is 2.70. The highest BCUT2D eigenvalue weighted by Crippen LogP contribution is 2.25. The van der Waals surface area contributed by atoms with Crippen LogP contribution >= 0.6 is 0 Å². The van der Waals surface area contributed by atoms with E-state index < -0.39 is 0 Å². The minimum Gasteiger partial charge on any atom is -0.396 e. The quantitative estimate of drug-likeness (QED) is 0.691. The van der Waals surface area contributed by atoms with Gasteiger partial charge in [0.05, 0.1) is 12.1 Å². The van der Waals surface area contributed by atoms with E-state index in [1.54, 1.807) is 6.33 Å². The Hall–Kier alpha value is -2.99. The van der Waals surface area contributed by atoms with Gasteiger partial charge < -0.3 is 15.7 Å². The van der Waals surface area contributed by atoms with Crippen LogP contribution in [0.1, 0.15) is 22.4 Å². The highest BCUT2D eigenvalue weighted by atomic mass is 16.2. The van der Waals surface area contributed by atoms with Crippen LogP contribution in [0, 0.1) is 6.92 Å². The fourth-order valence-corrected chi connectivity index (χ4v) is 3.57. The number of pyridine rings is 1. The summed E-state index contributed by atoms with van der Waals surface area (Å²) in [6.45, 7) is 3.70. The molecule has 27 heavy (non-hydrogen) atoms. The second kappa shape index (κ2) is 7.32. The summed E-state index contributed by atoms with van der Waals surface area (Å²) >= 11 is 0. The minimum absolute atomic E-state index is 0.0999. The highest BCUT2D eigenvalue weighted by Gasteiger charge is 2.27. The number of hydrogen-bond donors (Lipinski definition) is 2. The van der Waals surface area contributed by atoms with Crippen molar-refractivity contribution in [3.05, 3.63) is 71.3 Å². The van der Waals surface area contributed by atoms with Gasteiger partial charge >= 0.3 is 0 Å². The Morgan fingerprint density at radius 2 is 2.04 bits per heavy atom. The molecule has 0 atom stereocenters. The van der Waals surface area contributed by atoms with Gasteiger partial charge in [0.25, 0.3) is 0 Å². The van der Waals surface area contributed by atoms with Gasteiger partial charge in [-0.2, -0.15) is 0 Å². The van der Waals surface area contributed by atoms with Crippen molar-refractivity contribution in [3.8, 4) is 5.69 Å². The Balaban J connectivity index is 1.72. The van der Waals surface area contributed by atoms with Crippen LogP contribution in [0.4, 0.5) is 11.6 Å². The van der Waals surface area contributed by atoms with Crippen molar-refractivity contribution in [1.29, 1.82) is 0 Å². The fourth-order valence-electron chi connectivity index (χ4n) is 3.57. The number of aromatic nitrogens is 3. The molecule has 4 rings (SSSR count). The molecule has 0 bridgehead atoms. The molecule has 0 saturated carbocycles. The molecule has 1 aliphatic heterocycles. The number of fused-ring (bicyclic) bond motifs is 1. The van der Waals surface area contributed by atoms with Crippen LogP contribution in [0.2, 0.25) is 0 Å². The number of nitrogens with zero attached hydrogens (tertiary/aromatic N) is 4. The third-order valence-electron chi connectivity index (χ3n) is 5.07. The van der Waals surface area contributed by atoms with Crippen molar-refractivity contribution in [3.63, 3.8) is 0 Å². The van der Waals surface area contributed by atoms with Crippen LogP contribution in [-0.2, 0) is 19.4 Å². The van der Waals surface area contributed by atoms with Crippen LogP contribution in [0.25, 0.3) is 5.69 Å². The summed E-state index contributed by atoms with van der Waals surface area (Å²) in [6, 6.07) is 12.1. The predicted octanol–water partition coefficient (Wildman–Crippen LogP) is 1.74. The summed E-state index contributed by atoms with van der Waals surface area (Å²) in [4.78, 5) is 11.5. The molecule has 6 heteroatoms. The van der Waals surface area contributed by atoms with E-state index in [2.05, 4.69) is 27.0 Å². The largest absolute Gasteiger partial charge is 0.396 e. The first kappa shape index (κ1) is 17.4. The van der Waals surface area contributed by atoms with E-state index in [-0.39, 0.29) is 6.61 Å². The topological polar surface area (TPSA) is 79.2 Å². The normalized spacial score (nSPS) is 13.5. The van der Waals surface area contributed by atoms with Crippen molar-refractivity contribution in [2.45, 2.75) is 26.3 Å². The lowest BCUT2D eigenvalue weighted by molar-refractivity contribution is -0.584. The van der Waals surface area contributed by atoms with E-state index in [0.717, 1.165) is 46.9 Å². The number of hydrogen-bond acceptors (Lipinski definition) is 5. The second-order valence-corrected chi connectivity index (χ2v) is 6.89. The lowest BCUT2D eigenvalue weighted by Crippen LogP contribution is -2.41. The smallest absolute Gasteiger partial charge is 0.232 e. The number of rotatable bonds is 4. The maximum Gasteiger partial charge on any atom is 0.232 e. The van der Waals surface area contributed by atoms with Gasteiger partial charge in [-0.1, -0.05) is 24.3 Å². The van der Waals surface area contributed by atoms with Crippen molar-refractivity contribution in [2.75, 3.05) is 23.8 Å². The third kappa shape index (κ3) is 3.36. The monoisotopic (exact) mass is 362 g/mol. The maximum atomic E-state index is 9.36. The summed E-state index contributed by atoms with van der Waals surface area (Å²) in [7, 11) is 0. The van der Waals surface area contributed by atoms with E-state index in [9.17, 15) is 5.11 Å². The summed E-state index contributed by atoms with van der Waals surface area (Å²) in [5, 5.41) is 9.36. The van der Waals surface area contributed by atoms with Gasteiger partial charge in [0, 0.05) is 25.8 Å². The summed E-state index contributed by atoms with van der Waals surface area (Å²) in [6.07, 6.45) is 5.11. The minimum atomic E-state index is 0.0999. The molecule has 0 aliphatic carbocycles. The van der Waals surface area contributed by atoms with E-state index in [1.165, 1.54) is 0 Å². The standard InChI is InChI=1S/C21H23N5O/c1-15-6-7-20(23-12-15)25-10-8-18-17(13-25)21(22)26(14-24-18)19-5-3-2-4-16(19)9-11-27/h2-7,12,14,22,27H,8-11,13H2,1H3/p+1. The molecule has 0 radical (unpaired) electrons. The molecular weight excluding hydrogens is 338 g/mol. The first-order valence-electron chi connectivity index (χ1n) is 9.22. The average molecular weight is 362 g/mol. The van der Waals surface area contributed by atoms with Gasteiger partial charge in [-0.25, -0.2) is 9.55 Å². The van der Waals surface area contributed by atoms with Gasteiger partial charge in [-0.3, -0.25) is 0 Å². The van der Waals surface area contributed by atoms with Gasteiger partial charge in [0.15, 0.2) is 0 Å². The number of para-hydroxylation sites is 1. The highest BCUT2D eigenvalue weighted by molar-refractivity contribution is 5.49. The number of aliphatic hydroxyl groups is 1. The molecule has 3 aromatic rings. The van der Waals surface area contributed by atoms with E-state index in [4.69, 9.17) is 5.73 Å². The Bertz CT molecular complexity index is 955. The molecule has 1 aromatic carbocycles. The molecule has 138 valence electrons. The SMILES string of the molecule is Cc1ccc(N2CCc3nc[n+](-c4ccccc4CCO)c(N)c3C2)nc1. The number of anilines is 2. The van der Waals surface area contributed by atoms with Crippen LogP contribution in [-0.4, -0.2) is 28.2 Å². The molecule has 0 fully saturated rings. The first-order chi connectivity index (χ1) is 13.2. The summed E-state index contributed by atoms with van der Waals surface area (Å²) in [5.74, 6) is 1.66. The van der Waals surface area contributed by atoms with Crippen molar-refractivity contribution in [1.82, 2.24) is 9.97 Å². The van der Waals surface area contributed by atoms with E-state index in [0.29, 0.717) is 18.8 Å².